The van der Waals surface area contributed by atoms with Gasteiger partial charge in [0.2, 0.25) is 0 Å². The molecule has 0 aliphatic heterocycles. The zero-order valence-corrected chi connectivity index (χ0v) is 7.01. The van der Waals surface area contributed by atoms with Crippen LogP contribution in [0, 0.1) is 0 Å². The average molecular weight is 152 g/mol. The zero-order chi connectivity index (χ0) is 7.94. The maximum absolute atomic E-state index is 9.99. The fourth-order valence-electron chi connectivity index (χ4n) is 1.54. The van der Waals surface area contributed by atoms with Gasteiger partial charge in [-0.05, 0) is 38.5 Å². The highest BCUT2D eigenvalue weighted by Crippen LogP contribution is 2.22. The van der Waals surface area contributed by atoms with Crippen LogP contribution in [0.1, 0.15) is 44.9 Å². The molecule has 1 aliphatic carbocycles. The van der Waals surface area contributed by atoms with E-state index in [1.165, 1.54) is 32.1 Å². The van der Waals surface area contributed by atoms with Crippen molar-refractivity contribution in [2.45, 2.75) is 44.9 Å². The number of carbonyl (C=O) groups excluding carboxylic acids is 1. The van der Waals surface area contributed by atoms with Crippen molar-refractivity contribution in [2.75, 3.05) is 0 Å². The number of carbonyl (C=O) groups is 1. The van der Waals surface area contributed by atoms with Gasteiger partial charge in [0.25, 0.3) is 0 Å². The molecule has 0 saturated heterocycles. The molecule has 0 aromatic heterocycles. The lowest BCUT2D eigenvalue weighted by molar-refractivity contribution is -0.107. The van der Waals surface area contributed by atoms with Gasteiger partial charge in [-0.2, -0.15) is 0 Å². The fourth-order valence-corrected chi connectivity index (χ4v) is 1.54. The number of hydrogen-bond donors (Lipinski definition) is 0. The first kappa shape index (κ1) is 8.51. The summed E-state index contributed by atoms with van der Waals surface area (Å²) in [7, 11) is 0. The van der Waals surface area contributed by atoms with Gasteiger partial charge in [0, 0.05) is 6.42 Å². The summed E-state index contributed by atoms with van der Waals surface area (Å²) in [5.41, 5.74) is 1.62. The predicted octanol–water partition coefficient (Wildman–Crippen LogP) is 2.86. The van der Waals surface area contributed by atoms with E-state index in [2.05, 4.69) is 6.08 Å². The summed E-state index contributed by atoms with van der Waals surface area (Å²) in [6, 6.07) is 0. The molecule has 0 N–H and O–H groups in total. The molecule has 0 heterocycles. The van der Waals surface area contributed by atoms with Gasteiger partial charge in [-0.15, -0.1) is 0 Å². The van der Waals surface area contributed by atoms with Crippen LogP contribution in [-0.4, -0.2) is 6.29 Å². The molecular formula is C10H16O. The van der Waals surface area contributed by atoms with E-state index >= 15 is 0 Å². The molecule has 0 fully saturated rings. The van der Waals surface area contributed by atoms with Crippen LogP contribution in [0.25, 0.3) is 0 Å². The van der Waals surface area contributed by atoms with Crippen LogP contribution in [0.2, 0.25) is 0 Å². The molecule has 1 rings (SSSR count). The lowest BCUT2D eigenvalue weighted by Crippen LogP contribution is -1.81. The van der Waals surface area contributed by atoms with E-state index in [0.29, 0.717) is 0 Å². The van der Waals surface area contributed by atoms with Crippen molar-refractivity contribution in [3.63, 3.8) is 0 Å². The highest BCUT2D eigenvalue weighted by atomic mass is 16.1. The van der Waals surface area contributed by atoms with Gasteiger partial charge in [0.05, 0.1) is 0 Å². The van der Waals surface area contributed by atoms with E-state index in [0.717, 1.165) is 19.1 Å². The van der Waals surface area contributed by atoms with E-state index in [1.807, 2.05) is 0 Å². The molecule has 1 aliphatic rings. The maximum Gasteiger partial charge on any atom is 0.119 e. The minimum Gasteiger partial charge on any atom is -0.303 e. The molecule has 11 heavy (non-hydrogen) atoms. The Labute approximate surface area is 68.5 Å². The summed E-state index contributed by atoms with van der Waals surface area (Å²) in [6.07, 6.45) is 11.6. The first-order valence-electron chi connectivity index (χ1n) is 4.55. The Morgan fingerprint density at radius 1 is 1.45 bits per heavy atom. The third kappa shape index (κ3) is 3.35. The summed E-state index contributed by atoms with van der Waals surface area (Å²) in [4.78, 5) is 9.99. The molecule has 62 valence electrons. The second kappa shape index (κ2) is 5.11. The topological polar surface area (TPSA) is 17.1 Å². The lowest BCUT2D eigenvalue weighted by atomic mass is 10.1. The molecule has 0 aromatic rings. The maximum atomic E-state index is 9.99. The van der Waals surface area contributed by atoms with Crippen LogP contribution in [0.4, 0.5) is 0 Å². The van der Waals surface area contributed by atoms with Crippen LogP contribution < -0.4 is 0 Å². The van der Waals surface area contributed by atoms with Gasteiger partial charge >= 0.3 is 0 Å². The molecule has 0 spiro atoms. The Kier molecular flexibility index (Phi) is 3.95. The molecule has 1 heteroatoms. The molecule has 0 saturated carbocycles. The molecular weight excluding hydrogens is 136 g/mol. The number of rotatable bonds is 5. The first-order chi connectivity index (χ1) is 5.43. The Bertz CT molecular complexity index is 147. The average Bonchev–Trinajstić information content (AvgIpc) is 2.50. The summed E-state index contributed by atoms with van der Waals surface area (Å²) in [5.74, 6) is 0. The molecule has 0 radical (unpaired) electrons. The van der Waals surface area contributed by atoms with E-state index in [1.54, 1.807) is 5.57 Å². The van der Waals surface area contributed by atoms with Crippen LogP contribution in [-0.2, 0) is 4.79 Å². The number of unbranched alkanes of at least 4 members (excludes halogenated alkanes) is 2. The minimum atomic E-state index is 0.743. The normalized spacial score (nSPS) is 16.5. The lowest BCUT2D eigenvalue weighted by Gasteiger charge is -1.98. The van der Waals surface area contributed by atoms with Crippen molar-refractivity contribution in [2.24, 2.45) is 0 Å². The van der Waals surface area contributed by atoms with Crippen molar-refractivity contribution in [3.8, 4) is 0 Å². The van der Waals surface area contributed by atoms with Crippen LogP contribution in [0.3, 0.4) is 0 Å². The first-order valence-corrected chi connectivity index (χ1v) is 4.55. The Balaban J connectivity index is 1.98. The molecule has 1 nitrogen and oxygen atoms in total. The quantitative estimate of drug-likeness (QED) is 0.336. The SMILES string of the molecule is O=CCCCCC1=CCCC1. The highest BCUT2D eigenvalue weighted by molar-refractivity contribution is 5.48. The van der Waals surface area contributed by atoms with Gasteiger partial charge in [-0.3, -0.25) is 0 Å². The smallest absolute Gasteiger partial charge is 0.119 e. The largest absolute Gasteiger partial charge is 0.303 e. The van der Waals surface area contributed by atoms with E-state index < -0.39 is 0 Å². The highest BCUT2D eigenvalue weighted by Gasteiger charge is 2.02. The third-order valence-electron chi connectivity index (χ3n) is 2.20. The summed E-state index contributed by atoms with van der Waals surface area (Å²) < 4.78 is 0. The van der Waals surface area contributed by atoms with Crippen molar-refractivity contribution >= 4 is 6.29 Å². The van der Waals surface area contributed by atoms with Crippen molar-refractivity contribution in [1.29, 1.82) is 0 Å². The summed E-state index contributed by atoms with van der Waals surface area (Å²) in [5, 5.41) is 0. The molecule has 0 amide bonds. The summed E-state index contributed by atoms with van der Waals surface area (Å²) >= 11 is 0. The van der Waals surface area contributed by atoms with Gasteiger partial charge < -0.3 is 4.79 Å². The summed E-state index contributed by atoms with van der Waals surface area (Å²) in [6.45, 7) is 0. The zero-order valence-electron chi connectivity index (χ0n) is 7.01. The molecule has 0 bridgehead atoms. The van der Waals surface area contributed by atoms with Gasteiger partial charge in [0.1, 0.15) is 6.29 Å². The minimum absolute atomic E-state index is 0.743. The van der Waals surface area contributed by atoms with Gasteiger partial charge in [0.15, 0.2) is 0 Å². The Morgan fingerprint density at radius 3 is 3.00 bits per heavy atom. The predicted molar refractivity (Wildman–Crippen MR) is 46.5 cm³/mol. The van der Waals surface area contributed by atoms with Gasteiger partial charge in [-0.1, -0.05) is 11.6 Å². The van der Waals surface area contributed by atoms with Crippen LogP contribution in [0.5, 0.6) is 0 Å². The van der Waals surface area contributed by atoms with Crippen molar-refractivity contribution in [3.05, 3.63) is 11.6 Å². The fraction of sp³-hybridized carbons (Fsp3) is 0.700. The number of aldehydes is 1. The number of allylic oxidation sites excluding steroid dienone is 2. The molecule has 0 unspecified atom stereocenters. The van der Waals surface area contributed by atoms with Crippen molar-refractivity contribution < 1.29 is 4.79 Å². The second-order valence-corrected chi connectivity index (χ2v) is 3.17. The third-order valence-corrected chi connectivity index (χ3v) is 2.20. The van der Waals surface area contributed by atoms with Crippen LogP contribution >= 0.6 is 0 Å². The Morgan fingerprint density at radius 2 is 2.36 bits per heavy atom. The van der Waals surface area contributed by atoms with E-state index in [9.17, 15) is 4.79 Å². The molecule has 0 atom stereocenters. The van der Waals surface area contributed by atoms with Crippen LogP contribution in [0.15, 0.2) is 11.6 Å². The monoisotopic (exact) mass is 152 g/mol. The standard InChI is InChI=1S/C10H16O/c11-9-5-1-2-6-10-7-3-4-8-10/h7,9H,1-6,8H2. The number of hydrogen-bond acceptors (Lipinski definition) is 1. The van der Waals surface area contributed by atoms with Gasteiger partial charge in [-0.25, -0.2) is 0 Å². The second-order valence-electron chi connectivity index (χ2n) is 3.17. The van der Waals surface area contributed by atoms with E-state index in [4.69, 9.17) is 0 Å². The van der Waals surface area contributed by atoms with Crippen molar-refractivity contribution in [1.82, 2.24) is 0 Å². The molecule has 0 aromatic carbocycles. The Hall–Kier alpha value is -0.590. The van der Waals surface area contributed by atoms with E-state index in [-0.39, 0.29) is 0 Å².